The Morgan fingerprint density at radius 2 is 1.77 bits per heavy atom. The van der Waals surface area contributed by atoms with Crippen LogP contribution in [0.4, 0.5) is 5.69 Å². The SMILES string of the molecule is CC[C@]1(O)CC2CN(CCc3c([nH]c4ccccc34)[C@@](C(=O)OC)(c3cc4c(cc3OC)N(C)C3C45CCN4CC=C[C@](CC)(C45)[C@@H](O)[C@]3(O)C(=O)NCC(=O)NCCCN3C(=O)C(C)=CC([C@H]4C[C@H](O)[C@@H](CO)O4)C3=O)C2)C1. The van der Waals surface area contributed by atoms with Gasteiger partial charge in [-0.15, -0.1) is 0 Å². The molecule has 11 rings (SSSR count). The number of piperidine rings is 1. The molecule has 1 aromatic heterocycles. The Hall–Kier alpha value is -5.71. The third-order valence-electron chi connectivity index (χ3n) is 19.9. The number of amides is 4. The average molecular weight is 1090 g/mol. The molecule has 8 N–H and O–H groups in total. The summed E-state index contributed by atoms with van der Waals surface area (Å²) in [6.45, 7) is 7.54. The predicted octanol–water partition coefficient (Wildman–Crippen LogP) is 1.31. The number of nitrogens with one attached hydrogen (secondary N) is 3. The van der Waals surface area contributed by atoms with Crippen LogP contribution in [0.15, 0.2) is 60.2 Å². The van der Waals surface area contributed by atoms with Gasteiger partial charge in [0.15, 0.2) is 5.60 Å². The lowest BCUT2D eigenvalue weighted by Crippen LogP contribution is -2.81. The molecule has 3 aromatic rings. The van der Waals surface area contributed by atoms with Gasteiger partial charge in [0.1, 0.15) is 23.4 Å². The number of aliphatic hydroxyl groups is 5. The molecule has 2 bridgehead atoms. The lowest BCUT2D eigenvalue weighted by atomic mass is 9.47. The fourth-order valence-electron chi connectivity index (χ4n) is 16.4. The van der Waals surface area contributed by atoms with Crippen LogP contribution in [0.5, 0.6) is 5.75 Å². The van der Waals surface area contributed by atoms with Crippen LogP contribution in [0.3, 0.4) is 0 Å². The number of rotatable bonds is 14. The second-order valence-corrected chi connectivity index (χ2v) is 23.9. The number of H-pyrrole nitrogens is 1. The second kappa shape index (κ2) is 20.4. The number of carbonyl (C=O) groups excluding carboxylic acids is 5. The zero-order valence-corrected chi connectivity index (χ0v) is 46.1. The van der Waals surface area contributed by atoms with Crippen molar-refractivity contribution < 1.29 is 63.7 Å². The number of likely N-dealkylation sites (N-methyl/N-ethyl adjacent to an activating group) is 1. The summed E-state index contributed by atoms with van der Waals surface area (Å²) in [5.41, 5.74) is -2.38. The van der Waals surface area contributed by atoms with Gasteiger partial charge in [-0.3, -0.25) is 38.7 Å². The number of benzene rings is 2. The van der Waals surface area contributed by atoms with Gasteiger partial charge in [0, 0.05) is 109 Å². The van der Waals surface area contributed by atoms with Gasteiger partial charge >= 0.3 is 5.97 Å². The van der Waals surface area contributed by atoms with Crippen molar-refractivity contribution in [2.45, 2.75) is 131 Å². The van der Waals surface area contributed by atoms with Crippen LogP contribution in [0, 0.1) is 17.3 Å². The number of aliphatic hydroxyl groups excluding tert-OH is 3. The van der Waals surface area contributed by atoms with Crippen molar-refractivity contribution >= 4 is 46.2 Å². The number of hydrogen-bond acceptors (Lipinski definition) is 16. The first kappa shape index (κ1) is 55.2. The number of anilines is 1. The van der Waals surface area contributed by atoms with E-state index in [1.165, 1.54) is 13.2 Å². The number of ether oxygens (including phenoxy) is 3. The Balaban J connectivity index is 0.928. The van der Waals surface area contributed by atoms with Crippen molar-refractivity contribution in [2.75, 3.05) is 85.1 Å². The number of methoxy groups -OCH3 is 2. The Morgan fingerprint density at radius 3 is 2.49 bits per heavy atom. The fourth-order valence-corrected chi connectivity index (χ4v) is 16.4. The number of nitrogens with zero attached hydrogens (tertiary/aromatic N) is 4. The second-order valence-electron chi connectivity index (χ2n) is 23.9. The van der Waals surface area contributed by atoms with Crippen molar-refractivity contribution in [3.63, 3.8) is 0 Å². The molecule has 3 saturated heterocycles. The van der Waals surface area contributed by atoms with Gasteiger partial charge in [-0.1, -0.05) is 50.3 Å². The number of fused-ring (bicyclic) bond motifs is 6. The minimum atomic E-state index is -2.53. The molecule has 0 radical (unpaired) electrons. The maximum atomic E-state index is 15.5. The summed E-state index contributed by atoms with van der Waals surface area (Å²) in [6, 6.07) is 10.5. The summed E-state index contributed by atoms with van der Waals surface area (Å²) in [4.78, 5) is 82.5. The zero-order chi connectivity index (χ0) is 56.1. The minimum absolute atomic E-state index is 0.0259. The average Bonchev–Trinajstić information content (AvgIpc) is 2.14. The highest BCUT2D eigenvalue weighted by Gasteiger charge is 2.79. The quantitative estimate of drug-likeness (QED) is 0.0490. The number of aromatic amines is 1. The molecule has 79 heavy (non-hydrogen) atoms. The minimum Gasteiger partial charge on any atom is -0.496 e. The molecule has 4 amide bonds. The van der Waals surface area contributed by atoms with Crippen molar-refractivity contribution in [3.8, 4) is 5.75 Å². The van der Waals surface area contributed by atoms with E-state index in [0.717, 1.165) is 26.9 Å². The Kier molecular flexibility index (Phi) is 14.2. The van der Waals surface area contributed by atoms with Crippen molar-refractivity contribution in [3.05, 3.63) is 82.6 Å². The van der Waals surface area contributed by atoms with Crippen LogP contribution in [-0.4, -0.2) is 203 Å². The molecule has 2 aromatic carbocycles. The predicted molar refractivity (Wildman–Crippen MR) is 290 cm³/mol. The summed E-state index contributed by atoms with van der Waals surface area (Å²) < 4.78 is 18.2. The van der Waals surface area contributed by atoms with Crippen LogP contribution in [-0.2, 0) is 50.7 Å². The molecular formula is C59H77N7O13. The van der Waals surface area contributed by atoms with Crippen LogP contribution in [0.2, 0.25) is 0 Å². The molecule has 14 atom stereocenters. The third kappa shape index (κ3) is 8.23. The third-order valence-corrected chi connectivity index (χ3v) is 19.9. The molecular weight excluding hydrogens is 1010 g/mol. The normalized spacial score (nSPS) is 36.6. The first-order valence-corrected chi connectivity index (χ1v) is 28.2. The van der Waals surface area contributed by atoms with Crippen LogP contribution < -0.4 is 20.3 Å². The van der Waals surface area contributed by atoms with Crippen LogP contribution in [0.25, 0.3) is 10.9 Å². The summed E-state index contributed by atoms with van der Waals surface area (Å²) in [5, 5.41) is 65.1. The smallest absolute Gasteiger partial charge is 0.322 e. The maximum Gasteiger partial charge on any atom is 0.322 e. The van der Waals surface area contributed by atoms with E-state index in [-0.39, 0.29) is 38.3 Å². The number of aromatic nitrogens is 1. The number of para-hydroxylation sites is 1. The molecule has 6 unspecified atom stereocenters. The van der Waals surface area contributed by atoms with Gasteiger partial charge < -0.3 is 60.3 Å². The summed E-state index contributed by atoms with van der Waals surface area (Å²) in [5.74, 6) is -3.65. The van der Waals surface area contributed by atoms with Crippen LogP contribution >= 0.6 is 0 Å². The fraction of sp³-hybridized carbons (Fsp3) is 0.610. The molecule has 1 saturated carbocycles. The summed E-state index contributed by atoms with van der Waals surface area (Å²) in [7, 11) is 4.77. The number of hydrogen-bond donors (Lipinski definition) is 8. The summed E-state index contributed by atoms with van der Waals surface area (Å²) in [6.07, 6.45) is 4.28. The largest absolute Gasteiger partial charge is 0.496 e. The Bertz CT molecular complexity index is 3020. The first-order valence-electron chi connectivity index (χ1n) is 28.2. The van der Waals surface area contributed by atoms with E-state index in [0.29, 0.717) is 93.1 Å². The van der Waals surface area contributed by atoms with Gasteiger partial charge in [0.05, 0.1) is 57.1 Å². The molecule has 20 heteroatoms. The van der Waals surface area contributed by atoms with Gasteiger partial charge in [0.2, 0.25) is 11.8 Å². The topological polar surface area (TPSA) is 267 Å². The highest BCUT2D eigenvalue weighted by molar-refractivity contribution is 6.08. The van der Waals surface area contributed by atoms with Gasteiger partial charge in [-0.25, -0.2) is 0 Å². The first-order chi connectivity index (χ1) is 37.8. The zero-order valence-electron chi connectivity index (χ0n) is 46.1. The van der Waals surface area contributed by atoms with Crippen LogP contribution in [0.1, 0.15) is 88.1 Å². The Morgan fingerprint density at radius 1 is 0.987 bits per heavy atom. The lowest BCUT2D eigenvalue weighted by molar-refractivity contribution is -0.203. The highest BCUT2D eigenvalue weighted by Crippen LogP contribution is 2.67. The molecule has 4 fully saturated rings. The Labute approximate surface area is 460 Å². The molecule has 1 spiro atoms. The molecule has 1 aliphatic carbocycles. The standard InChI is InChI=1S/C59H77N7O13/c1-7-55(75)27-34-28-58(54(74)78-6,47-36(15-21-64(30-34)32-55)35-13-9-10-14-40(35)62-47)39-24-38-41(25-44(39)77-5)63(4)51-57(38)17-22-65-19-11-16-56(8-2,50(57)65)52(72)59(51,76)53(73)61-29-46(69)60-18-12-20-66-48(70)33(3)23-37(49(66)71)43-26-42(68)45(31-67)79-43/h9-11,13-14,16,23-25,34,37,42-43,45,50-52,62,67-68,72,75-76H,7-8,12,15,17-22,26-32H2,1-6H3,(H,60,69)(H,61,73)/t34?,37?,42-,43+,45+,50?,51?,52+,55-,56+,57?,58-,59-/m0/s1. The number of imide groups is 1. The highest BCUT2D eigenvalue weighted by atomic mass is 16.5. The number of esters is 1. The summed E-state index contributed by atoms with van der Waals surface area (Å²) >= 11 is 0. The van der Waals surface area contributed by atoms with E-state index in [1.54, 1.807) is 21.1 Å². The molecule has 7 aliphatic heterocycles. The van der Waals surface area contributed by atoms with E-state index in [4.69, 9.17) is 14.2 Å². The lowest BCUT2D eigenvalue weighted by Gasteiger charge is -2.63. The van der Waals surface area contributed by atoms with E-state index in [2.05, 4.69) is 37.6 Å². The molecule has 8 aliphatic rings. The monoisotopic (exact) mass is 1090 g/mol. The molecule has 8 heterocycles. The van der Waals surface area contributed by atoms with Gasteiger partial charge in [-0.2, -0.15) is 0 Å². The van der Waals surface area contributed by atoms with Gasteiger partial charge in [-0.05, 0) is 87.6 Å². The van der Waals surface area contributed by atoms with E-state index < -0.39 is 113 Å². The van der Waals surface area contributed by atoms with E-state index >= 15 is 9.59 Å². The number of carbonyl (C=O) groups is 5. The molecule has 20 nitrogen and oxygen atoms in total. The van der Waals surface area contributed by atoms with Gasteiger partial charge in [0.25, 0.3) is 11.8 Å². The van der Waals surface area contributed by atoms with Crippen molar-refractivity contribution in [1.82, 2.24) is 30.3 Å². The molecule has 426 valence electrons. The maximum absolute atomic E-state index is 15.5. The van der Waals surface area contributed by atoms with E-state index in [9.17, 15) is 39.9 Å². The van der Waals surface area contributed by atoms with Crippen molar-refractivity contribution in [1.29, 1.82) is 0 Å². The van der Waals surface area contributed by atoms with E-state index in [1.807, 2.05) is 55.2 Å². The van der Waals surface area contributed by atoms with Crippen molar-refractivity contribution in [2.24, 2.45) is 17.3 Å².